The number of hydrogen-bond donors (Lipinski definition) is 2. The number of nitrogens with zero attached hydrogens (tertiary/aromatic N) is 2. The van der Waals surface area contributed by atoms with Gasteiger partial charge in [0.2, 0.25) is 0 Å². The van der Waals surface area contributed by atoms with E-state index in [9.17, 15) is 5.11 Å². The molecule has 0 aliphatic heterocycles. The molecule has 2 N–H and O–H groups in total. The van der Waals surface area contributed by atoms with Gasteiger partial charge in [-0.1, -0.05) is 18.2 Å². The van der Waals surface area contributed by atoms with Gasteiger partial charge >= 0.3 is 0 Å². The average molecular weight is 217 g/mol. The molecule has 0 radical (unpaired) electrons. The molecular weight excluding hydrogens is 202 g/mol. The van der Waals surface area contributed by atoms with Crippen molar-refractivity contribution < 1.29 is 5.11 Å². The molecular formula is C12H15N3O. The van der Waals surface area contributed by atoms with E-state index >= 15 is 0 Å². The quantitative estimate of drug-likeness (QED) is 0.807. The molecule has 1 heterocycles. The van der Waals surface area contributed by atoms with Crippen molar-refractivity contribution in [2.24, 2.45) is 0 Å². The van der Waals surface area contributed by atoms with Crippen molar-refractivity contribution in [1.82, 2.24) is 15.1 Å². The van der Waals surface area contributed by atoms with Gasteiger partial charge in [-0.05, 0) is 19.2 Å². The van der Waals surface area contributed by atoms with E-state index in [1.807, 2.05) is 43.6 Å². The lowest BCUT2D eigenvalue weighted by Gasteiger charge is -2.14. The van der Waals surface area contributed by atoms with Crippen molar-refractivity contribution in [3.05, 3.63) is 48.3 Å². The van der Waals surface area contributed by atoms with Crippen LogP contribution in [-0.4, -0.2) is 28.5 Å². The minimum absolute atomic E-state index is 0.523. The van der Waals surface area contributed by atoms with E-state index in [0.717, 1.165) is 11.3 Å². The van der Waals surface area contributed by atoms with Gasteiger partial charge in [0, 0.05) is 24.5 Å². The number of aliphatic hydroxyl groups excluding tert-OH is 1. The van der Waals surface area contributed by atoms with Crippen molar-refractivity contribution >= 4 is 0 Å². The zero-order valence-corrected chi connectivity index (χ0v) is 9.17. The second kappa shape index (κ2) is 4.92. The molecule has 84 valence electrons. The Kier molecular flexibility index (Phi) is 3.34. The predicted octanol–water partition coefficient (Wildman–Crippen LogP) is 1.13. The summed E-state index contributed by atoms with van der Waals surface area (Å²) < 4.78 is 1.76. The van der Waals surface area contributed by atoms with Crippen molar-refractivity contribution in [3.8, 4) is 5.69 Å². The Bertz CT molecular complexity index is 439. The summed E-state index contributed by atoms with van der Waals surface area (Å²) in [4.78, 5) is 0. The van der Waals surface area contributed by atoms with E-state index in [-0.39, 0.29) is 0 Å². The molecule has 0 saturated heterocycles. The van der Waals surface area contributed by atoms with Crippen molar-refractivity contribution in [1.29, 1.82) is 0 Å². The lowest BCUT2D eigenvalue weighted by atomic mass is 10.1. The van der Waals surface area contributed by atoms with Gasteiger partial charge in [0.1, 0.15) is 0 Å². The molecule has 4 nitrogen and oxygen atoms in total. The molecule has 0 aliphatic rings. The first-order chi connectivity index (χ1) is 7.83. The van der Waals surface area contributed by atoms with Crippen LogP contribution in [-0.2, 0) is 0 Å². The van der Waals surface area contributed by atoms with Crippen LogP contribution in [0, 0.1) is 0 Å². The number of aliphatic hydroxyl groups is 1. The molecule has 2 rings (SSSR count). The lowest BCUT2D eigenvalue weighted by molar-refractivity contribution is 0.177. The van der Waals surface area contributed by atoms with Crippen LogP contribution in [0.25, 0.3) is 5.69 Å². The minimum Gasteiger partial charge on any atom is -0.387 e. The van der Waals surface area contributed by atoms with Crippen LogP contribution in [0.4, 0.5) is 0 Å². The van der Waals surface area contributed by atoms with E-state index < -0.39 is 6.10 Å². The first-order valence-corrected chi connectivity index (χ1v) is 5.24. The van der Waals surface area contributed by atoms with Crippen molar-refractivity contribution in [2.45, 2.75) is 6.10 Å². The first kappa shape index (κ1) is 10.9. The third-order valence-electron chi connectivity index (χ3n) is 2.44. The van der Waals surface area contributed by atoms with Crippen LogP contribution in [0.15, 0.2) is 42.7 Å². The average Bonchev–Trinajstić information content (AvgIpc) is 2.83. The summed E-state index contributed by atoms with van der Waals surface area (Å²) in [5.41, 5.74) is 1.79. The van der Waals surface area contributed by atoms with Gasteiger partial charge in [-0.3, -0.25) is 0 Å². The van der Waals surface area contributed by atoms with Gasteiger partial charge in [-0.2, -0.15) is 5.10 Å². The highest BCUT2D eigenvalue weighted by molar-refractivity contribution is 5.41. The van der Waals surface area contributed by atoms with E-state index in [1.165, 1.54) is 0 Å². The molecule has 1 atom stereocenters. The Hall–Kier alpha value is -1.65. The Morgan fingerprint density at radius 3 is 2.88 bits per heavy atom. The Morgan fingerprint density at radius 2 is 2.19 bits per heavy atom. The number of benzene rings is 1. The summed E-state index contributed by atoms with van der Waals surface area (Å²) in [5.74, 6) is 0. The van der Waals surface area contributed by atoms with Crippen LogP contribution in [0.1, 0.15) is 11.7 Å². The summed E-state index contributed by atoms with van der Waals surface area (Å²) in [6, 6.07) is 9.58. The normalized spacial score (nSPS) is 12.6. The first-order valence-electron chi connectivity index (χ1n) is 5.24. The van der Waals surface area contributed by atoms with Crippen LogP contribution in [0.5, 0.6) is 0 Å². The van der Waals surface area contributed by atoms with Gasteiger partial charge in [-0.15, -0.1) is 0 Å². The monoisotopic (exact) mass is 217 g/mol. The second-order valence-corrected chi connectivity index (χ2v) is 3.58. The molecule has 0 spiro atoms. The zero-order valence-electron chi connectivity index (χ0n) is 9.17. The van der Waals surface area contributed by atoms with Gasteiger partial charge < -0.3 is 10.4 Å². The molecule has 4 heteroatoms. The number of likely N-dealkylation sites (N-methyl/N-ethyl adjacent to an activating group) is 1. The maximum absolute atomic E-state index is 10.00. The number of para-hydroxylation sites is 1. The topological polar surface area (TPSA) is 50.1 Å². The fraction of sp³-hybridized carbons (Fsp3) is 0.250. The fourth-order valence-corrected chi connectivity index (χ4v) is 1.69. The van der Waals surface area contributed by atoms with Crippen LogP contribution < -0.4 is 5.32 Å². The fourth-order valence-electron chi connectivity index (χ4n) is 1.69. The molecule has 0 fully saturated rings. The lowest BCUT2D eigenvalue weighted by Crippen LogP contribution is -2.18. The van der Waals surface area contributed by atoms with Crippen LogP contribution in [0.2, 0.25) is 0 Å². The molecule has 1 unspecified atom stereocenters. The third-order valence-corrected chi connectivity index (χ3v) is 2.44. The number of nitrogens with one attached hydrogen (secondary N) is 1. The zero-order chi connectivity index (χ0) is 11.4. The minimum atomic E-state index is -0.523. The molecule has 0 saturated carbocycles. The van der Waals surface area contributed by atoms with Gasteiger partial charge in [-0.25, -0.2) is 4.68 Å². The standard InChI is InChI=1S/C12H15N3O/c1-13-9-12(16)10-5-2-3-6-11(10)15-8-4-7-14-15/h2-8,12-13,16H,9H2,1H3. The van der Waals surface area contributed by atoms with E-state index in [4.69, 9.17) is 0 Å². The summed E-state index contributed by atoms with van der Waals surface area (Å²) in [6.45, 7) is 0.526. The van der Waals surface area contributed by atoms with E-state index in [0.29, 0.717) is 6.54 Å². The predicted molar refractivity (Wildman–Crippen MR) is 62.5 cm³/mol. The summed E-state index contributed by atoms with van der Waals surface area (Å²) in [7, 11) is 1.82. The highest BCUT2D eigenvalue weighted by Crippen LogP contribution is 2.20. The highest BCUT2D eigenvalue weighted by atomic mass is 16.3. The second-order valence-electron chi connectivity index (χ2n) is 3.58. The Labute approximate surface area is 94.5 Å². The number of hydrogen-bond acceptors (Lipinski definition) is 3. The Balaban J connectivity index is 2.38. The van der Waals surface area contributed by atoms with E-state index in [2.05, 4.69) is 10.4 Å². The summed E-state index contributed by atoms with van der Waals surface area (Å²) in [5, 5.41) is 17.1. The molecule has 1 aromatic heterocycles. The summed E-state index contributed by atoms with van der Waals surface area (Å²) in [6.07, 6.45) is 3.07. The van der Waals surface area contributed by atoms with Crippen LogP contribution in [0.3, 0.4) is 0 Å². The molecule has 0 amide bonds. The molecule has 2 aromatic rings. The molecule has 16 heavy (non-hydrogen) atoms. The van der Waals surface area contributed by atoms with Gasteiger partial charge in [0.15, 0.2) is 0 Å². The number of aromatic nitrogens is 2. The Morgan fingerprint density at radius 1 is 1.38 bits per heavy atom. The van der Waals surface area contributed by atoms with Gasteiger partial charge in [0.25, 0.3) is 0 Å². The highest BCUT2D eigenvalue weighted by Gasteiger charge is 2.12. The van der Waals surface area contributed by atoms with Crippen molar-refractivity contribution in [2.75, 3.05) is 13.6 Å². The SMILES string of the molecule is CNCC(O)c1ccccc1-n1cccn1. The molecule has 0 bridgehead atoms. The maximum Gasteiger partial charge on any atom is 0.0935 e. The number of rotatable bonds is 4. The molecule has 1 aromatic carbocycles. The van der Waals surface area contributed by atoms with E-state index in [1.54, 1.807) is 10.9 Å². The smallest absolute Gasteiger partial charge is 0.0935 e. The maximum atomic E-state index is 10.00. The molecule has 0 aliphatic carbocycles. The van der Waals surface area contributed by atoms with Crippen LogP contribution >= 0.6 is 0 Å². The third kappa shape index (κ3) is 2.13. The van der Waals surface area contributed by atoms with Gasteiger partial charge in [0.05, 0.1) is 11.8 Å². The summed E-state index contributed by atoms with van der Waals surface area (Å²) >= 11 is 0. The largest absolute Gasteiger partial charge is 0.387 e. The van der Waals surface area contributed by atoms with Crippen molar-refractivity contribution in [3.63, 3.8) is 0 Å².